The molecule has 3 rings (SSSR count). The van der Waals surface area contributed by atoms with Crippen molar-refractivity contribution < 1.29 is 18.3 Å². The van der Waals surface area contributed by atoms with Crippen LogP contribution in [0.4, 0.5) is 8.78 Å². The lowest BCUT2D eigenvalue weighted by molar-refractivity contribution is -0.147. The first-order valence-corrected chi connectivity index (χ1v) is 7.69. The van der Waals surface area contributed by atoms with Crippen LogP contribution in [0.15, 0.2) is 53.3 Å². The van der Waals surface area contributed by atoms with Gasteiger partial charge in [0.2, 0.25) is 0 Å². The molecule has 0 amide bonds. The third kappa shape index (κ3) is 3.74. The molecule has 0 spiro atoms. The number of ether oxygens (including phenoxy) is 1. The summed E-state index contributed by atoms with van der Waals surface area (Å²) in [5.74, 6) is -1.98. The van der Waals surface area contributed by atoms with Gasteiger partial charge in [-0.3, -0.25) is 9.59 Å². The predicted molar refractivity (Wildman–Crippen MR) is 89.1 cm³/mol. The van der Waals surface area contributed by atoms with E-state index in [1.165, 1.54) is 6.92 Å². The number of carbonyl (C=O) groups is 1. The van der Waals surface area contributed by atoms with E-state index in [2.05, 4.69) is 4.98 Å². The van der Waals surface area contributed by atoms with Crippen LogP contribution in [0.1, 0.15) is 24.2 Å². The summed E-state index contributed by atoms with van der Waals surface area (Å²) < 4.78 is 32.1. The highest BCUT2D eigenvalue weighted by Gasteiger charge is 2.18. The van der Waals surface area contributed by atoms with Crippen molar-refractivity contribution in [2.75, 3.05) is 0 Å². The van der Waals surface area contributed by atoms with Crippen molar-refractivity contribution in [3.8, 4) is 0 Å². The summed E-state index contributed by atoms with van der Waals surface area (Å²) in [6, 6.07) is 11.7. The van der Waals surface area contributed by atoms with Crippen molar-refractivity contribution in [3.05, 3.63) is 81.6 Å². The normalized spacial score (nSPS) is 12.1. The molecule has 0 bridgehead atoms. The molecule has 0 saturated carbocycles. The Morgan fingerprint density at radius 3 is 2.72 bits per heavy atom. The number of aromatic amines is 1. The molecule has 6 heteroatoms. The van der Waals surface area contributed by atoms with E-state index in [1.54, 1.807) is 18.2 Å². The summed E-state index contributed by atoms with van der Waals surface area (Å²) in [4.78, 5) is 26.8. The van der Waals surface area contributed by atoms with E-state index in [0.29, 0.717) is 5.52 Å². The lowest BCUT2D eigenvalue weighted by atomic mass is 10.1. The van der Waals surface area contributed by atoms with Gasteiger partial charge in [-0.25, -0.2) is 8.78 Å². The van der Waals surface area contributed by atoms with Gasteiger partial charge in [0.15, 0.2) is 0 Å². The lowest BCUT2D eigenvalue weighted by Gasteiger charge is -2.14. The molecule has 0 radical (unpaired) electrons. The van der Waals surface area contributed by atoms with Crippen LogP contribution in [-0.4, -0.2) is 11.0 Å². The number of pyridine rings is 1. The van der Waals surface area contributed by atoms with Crippen molar-refractivity contribution in [2.45, 2.75) is 19.4 Å². The number of hydrogen-bond donors (Lipinski definition) is 1. The number of hydrogen-bond acceptors (Lipinski definition) is 3. The third-order valence-electron chi connectivity index (χ3n) is 3.87. The molecule has 2 aromatic carbocycles. The highest BCUT2D eigenvalue weighted by molar-refractivity contribution is 5.80. The fourth-order valence-electron chi connectivity index (χ4n) is 2.61. The first-order chi connectivity index (χ1) is 11.9. The highest BCUT2D eigenvalue weighted by Crippen LogP contribution is 2.22. The SMILES string of the molecule is C[C@H](OC(=O)Cc1cc2ccccc2[nH]c1=O)c1cc(F)ccc1F. The summed E-state index contributed by atoms with van der Waals surface area (Å²) in [5.41, 5.74) is 0.469. The number of fused-ring (bicyclic) bond motifs is 1. The van der Waals surface area contributed by atoms with Crippen LogP contribution in [-0.2, 0) is 16.0 Å². The van der Waals surface area contributed by atoms with Gasteiger partial charge in [0.25, 0.3) is 5.56 Å². The molecule has 1 N–H and O–H groups in total. The molecular weight excluding hydrogens is 328 g/mol. The Kier molecular flexibility index (Phi) is 4.61. The topological polar surface area (TPSA) is 59.2 Å². The predicted octanol–water partition coefficient (Wildman–Crippen LogP) is 3.65. The van der Waals surface area contributed by atoms with Gasteiger partial charge in [-0.2, -0.15) is 0 Å². The molecule has 4 nitrogen and oxygen atoms in total. The Balaban J connectivity index is 1.77. The third-order valence-corrected chi connectivity index (χ3v) is 3.87. The van der Waals surface area contributed by atoms with Crippen molar-refractivity contribution in [1.29, 1.82) is 0 Å². The monoisotopic (exact) mass is 343 g/mol. The van der Waals surface area contributed by atoms with Crippen molar-refractivity contribution in [2.24, 2.45) is 0 Å². The Morgan fingerprint density at radius 1 is 1.16 bits per heavy atom. The summed E-state index contributed by atoms with van der Waals surface area (Å²) in [5, 5.41) is 0.786. The zero-order valence-electron chi connectivity index (χ0n) is 13.4. The molecule has 0 unspecified atom stereocenters. The minimum absolute atomic E-state index is 0.0548. The molecular formula is C19H15F2NO3. The second kappa shape index (κ2) is 6.84. The molecule has 25 heavy (non-hydrogen) atoms. The maximum atomic E-state index is 13.7. The minimum atomic E-state index is -0.970. The first-order valence-electron chi connectivity index (χ1n) is 7.69. The highest BCUT2D eigenvalue weighted by atomic mass is 19.1. The molecule has 0 aliphatic rings. The number of H-pyrrole nitrogens is 1. The number of esters is 1. The number of halogens is 2. The number of rotatable bonds is 4. The quantitative estimate of drug-likeness (QED) is 0.736. The molecule has 0 aliphatic heterocycles. The number of benzene rings is 2. The van der Waals surface area contributed by atoms with Gasteiger partial charge in [0.1, 0.15) is 17.7 Å². The second-order valence-corrected chi connectivity index (χ2v) is 5.69. The molecule has 1 atom stereocenters. The van der Waals surface area contributed by atoms with Crippen LogP contribution >= 0.6 is 0 Å². The lowest BCUT2D eigenvalue weighted by Crippen LogP contribution is -2.19. The molecule has 3 aromatic rings. The fraction of sp³-hybridized carbons (Fsp3) is 0.158. The Hall–Kier alpha value is -3.02. The van der Waals surface area contributed by atoms with Crippen LogP contribution in [0, 0.1) is 11.6 Å². The van der Waals surface area contributed by atoms with Crippen LogP contribution in [0.25, 0.3) is 10.9 Å². The summed E-state index contributed by atoms with van der Waals surface area (Å²) in [7, 11) is 0. The fourth-order valence-corrected chi connectivity index (χ4v) is 2.61. The number of carbonyl (C=O) groups excluding carboxylic acids is 1. The first kappa shape index (κ1) is 16.8. The van der Waals surface area contributed by atoms with Gasteiger partial charge >= 0.3 is 5.97 Å². The van der Waals surface area contributed by atoms with Gasteiger partial charge < -0.3 is 9.72 Å². The minimum Gasteiger partial charge on any atom is -0.457 e. The Morgan fingerprint density at radius 2 is 1.92 bits per heavy atom. The van der Waals surface area contributed by atoms with Gasteiger partial charge in [-0.15, -0.1) is 0 Å². The van der Waals surface area contributed by atoms with Gasteiger partial charge in [-0.05, 0) is 42.6 Å². The number of aromatic nitrogens is 1. The average molecular weight is 343 g/mol. The van der Waals surface area contributed by atoms with Crippen LogP contribution in [0.2, 0.25) is 0 Å². The van der Waals surface area contributed by atoms with Crippen LogP contribution in [0.5, 0.6) is 0 Å². The van der Waals surface area contributed by atoms with Crippen LogP contribution in [0.3, 0.4) is 0 Å². The zero-order chi connectivity index (χ0) is 18.0. The van der Waals surface area contributed by atoms with Crippen molar-refractivity contribution in [1.82, 2.24) is 4.98 Å². The number of nitrogens with one attached hydrogen (secondary N) is 1. The maximum absolute atomic E-state index is 13.7. The van der Waals surface area contributed by atoms with E-state index in [-0.39, 0.29) is 23.1 Å². The largest absolute Gasteiger partial charge is 0.457 e. The molecule has 1 aromatic heterocycles. The van der Waals surface area contributed by atoms with E-state index in [9.17, 15) is 18.4 Å². The number of para-hydroxylation sites is 1. The van der Waals surface area contributed by atoms with E-state index in [4.69, 9.17) is 4.74 Å². The van der Waals surface area contributed by atoms with Crippen LogP contribution < -0.4 is 5.56 Å². The van der Waals surface area contributed by atoms with E-state index < -0.39 is 23.7 Å². The van der Waals surface area contributed by atoms with Gasteiger partial charge in [0, 0.05) is 16.6 Å². The van der Waals surface area contributed by atoms with Gasteiger partial charge in [-0.1, -0.05) is 18.2 Å². The summed E-state index contributed by atoms with van der Waals surface area (Å²) >= 11 is 0. The average Bonchev–Trinajstić information content (AvgIpc) is 2.57. The zero-order valence-corrected chi connectivity index (χ0v) is 13.4. The van der Waals surface area contributed by atoms with Gasteiger partial charge in [0.05, 0.1) is 6.42 Å². The molecule has 128 valence electrons. The van der Waals surface area contributed by atoms with E-state index >= 15 is 0 Å². The molecule has 1 heterocycles. The van der Waals surface area contributed by atoms with Crippen molar-refractivity contribution >= 4 is 16.9 Å². The molecule has 0 saturated heterocycles. The Labute approximate surface area is 142 Å². The van der Waals surface area contributed by atoms with E-state index in [0.717, 1.165) is 23.6 Å². The summed E-state index contributed by atoms with van der Waals surface area (Å²) in [6.45, 7) is 1.44. The van der Waals surface area contributed by atoms with E-state index in [1.807, 2.05) is 12.1 Å². The molecule has 0 aliphatic carbocycles. The maximum Gasteiger partial charge on any atom is 0.311 e. The Bertz CT molecular complexity index is 997. The standard InChI is InChI=1S/C19H15F2NO3/c1-11(15-10-14(20)6-7-16(15)21)25-18(23)9-13-8-12-4-2-3-5-17(12)22-19(13)24/h2-8,10-11H,9H2,1H3,(H,22,24)/t11-/m0/s1. The second-order valence-electron chi connectivity index (χ2n) is 5.69. The smallest absolute Gasteiger partial charge is 0.311 e. The molecule has 0 fully saturated rings. The van der Waals surface area contributed by atoms with Crippen molar-refractivity contribution in [3.63, 3.8) is 0 Å². The summed E-state index contributed by atoms with van der Waals surface area (Å²) in [6.07, 6.45) is -1.23.